The van der Waals surface area contributed by atoms with Crippen molar-refractivity contribution in [3.8, 4) is 0 Å². The van der Waals surface area contributed by atoms with Gasteiger partial charge in [0.25, 0.3) is 0 Å². The molecule has 2 rings (SSSR count). The Labute approximate surface area is 101 Å². The van der Waals surface area contributed by atoms with Crippen LogP contribution in [-0.2, 0) is 0 Å². The molecule has 1 atom stereocenters. The number of nitrogens with zero attached hydrogens (tertiary/aromatic N) is 2. The fourth-order valence-electron chi connectivity index (χ4n) is 2.29. The first-order valence-corrected chi connectivity index (χ1v) is 6.00. The molecule has 1 aliphatic rings. The number of rotatable bonds is 3. The van der Waals surface area contributed by atoms with Crippen molar-refractivity contribution in [2.75, 3.05) is 39.8 Å². The van der Waals surface area contributed by atoms with Crippen LogP contribution in [0.25, 0.3) is 0 Å². The normalized spacial score (nSPS) is 20.4. The topological polar surface area (TPSA) is 26.7 Å². The smallest absolute Gasteiger partial charge is 0.128 e. The zero-order chi connectivity index (χ0) is 12.3. The van der Waals surface area contributed by atoms with Crippen LogP contribution in [0.5, 0.6) is 0 Å². The summed E-state index contributed by atoms with van der Waals surface area (Å²) in [4.78, 5) is 4.39. The summed E-state index contributed by atoms with van der Waals surface area (Å²) in [6.07, 6.45) is 0. The first kappa shape index (κ1) is 12.5. The number of likely N-dealkylation sites (N-methyl/N-ethyl adjacent to an activating group) is 1. The number of aliphatic hydroxyl groups is 1. The van der Waals surface area contributed by atoms with Crippen molar-refractivity contribution in [1.29, 1.82) is 0 Å². The van der Waals surface area contributed by atoms with Crippen molar-refractivity contribution in [2.45, 2.75) is 6.04 Å². The Balaban J connectivity index is 2.14. The van der Waals surface area contributed by atoms with Gasteiger partial charge in [0.15, 0.2) is 0 Å². The number of benzene rings is 1. The molecule has 0 saturated carbocycles. The van der Waals surface area contributed by atoms with Gasteiger partial charge in [-0.15, -0.1) is 0 Å². The molecular weight excluding hydrogens is 219 g/mol. The largest absolute Gasteiger partial charge is 0.394 e. The lowest BCUT2D eigenvalue weighted by Crippen LogP contribution is -2.46. The molecule has 1 unspecified atom stereocenters. The van der Waals surface area contributed by atoms with Crippen LogP contribution >= 0.6 is 0 Å². The Bertz CT molecular complexity index is 364. The fraction of sp³-hybridized carbons (Fsp3) is 0.538. The molecule has 4 heteroatoms. The van der Waals surface area contributed by atoms with E-state index < -0.39 is 0 Å². The molecule has 0 bridgehead atoms. The summed E-state index contributed by atoms with van der Waals surface area (Å²) >= 11 is 0. The van der Waals surface area contributed by atoms with Crippen molar-refractivity contribution in [2.24, 2.45) is 0 Å². The zero-order valence-corrected chi connectivity index (χ0v) is 10.1. The predicted molar refractivity (Wildman–Crippen MR) is 65.3 cm³/mol. The molecule has 1 saturated heterocycles. The lowest BCUT2D eigenvalue weighted by atomic mass is 10.0. The maximum atomic E-state index is 13.7. The van der Waals surface area contributed by atoms with E-state index in [1.165, 1.54) is 6.07 Å². The van der Waals surface area contributed by atoms with Gasteiger partial charge in [0, 0.05) is 31.7 Å². The molecular formula is C13H19FN2O. The Morgan fingerprint density at radius 2 is 1.88 bits per heavy atom. The first-order valence-electron chi connectivity index (χ1n) is 6.00. The third-order valence-electron chi connectivity index (χ3n) is 3.42. The summed E-state index contributed by atoms with van der Waals surface area (Å²) in [6.45, 7) is 3.63. The van der Waals surface area contributed by atoms with Crippen LogP contribution in [0.15, 0.2) is 24.3 Å². The molecule has 1 heterocycles. The minimum Gasteiger partial charge on any atom is -0.394 e. The van der Waals surface area contributed by atoms with Crippen molar-refractivity contribution in [3.05, 3.63) is 35.6 Å². The highest BCUT2D eigenvalue weighted by molar-refractivity contribution is 5.21. The molecule has 0 amide bonds. The van der Waals surface area contributed by atoms with E-state index in [0.717, 1.165) is 26.2 Å². The van der Waals surface area contributed by atoms with Crippen LogP contribution < -0.4 is 0 Å². The molecule has 17 heavy (non-hydrogen) atoms. The summed E-state index contributed by atoms with van der Waals surface area (Å²) < 4.78 is 13.7. The van der Waals surface area contributed by atoms with E-state index in [-0.39, 0.29) is 18.5 Å². The summed E-state index contributed by atoms with van der Waals surface area (Å²) in [6, 6.07) is 6.49. The minimum absolute atomic E-state index is 0.0371. The molecule has 0 radical (unpaired) electrons. The molecule has 3 nitrogen and oxygen atoms in total. The molecule has 1 N–H and O–H groups in total. The maximum absolute atomic E-state index is 13.7. The van der Waals surface area contributed by atoms with Gasteiger partial charge in [-0.2, -0.15) is 0 Å². The quantitative estimate of drug-likeness (QED) is 0.854. The Hall–Kier alpha value is -0.970. The van der Waals surface area contributed by atoms with E-state index in [0.29, 0.717) is 5.56 Å². The lowest BCUT2D eigenvalue weighted by Gasteiger charge is -2.37. The number of piperazine rings is 1. The summed E-state index contributed by atoms with van der Waals surface area (Å²) in [7, 11) is 2.08. The van der Waals surface area contributed by atoms with Crippen molar-refractivity contribution >= 4 is 0 Å². The van der Waals surface area contributed by atoms with Crippen molar-refractivity contribution in [1.82, 2.24) is 9.80 Å². The van der Waals surface area contributed by atoms with Crippen LogP contribution in [0.3, 0.4) is 0 Å². The lowest BCUT2D eigenvalue weighted by molar-refractivity contribution is 0.0730. The highest BCUT2D eigenvalue weighted by Gasteiger charge is 2.24. The Morgan fingerprint density at radius 3 is 2.47 bits per heavy atom. The van der Waals surface area contributed by atoms with E-state index in [1.54, 1.807) is 12.1 Å². The third kappa shape index (κ3) is 2.83. The van der Waals surface area contributed by atoms with Gasteiger partial charge in [-0.25, -0.2) is 4.39 Å². The van der Waals surface area contributed by atoms with Gasteiger partial charge in [0.1, 0.15) is 5.82 Å². The first-order chi connectivity index (χ1) is 8.22. The average molecular weight is 238 g/mol. The molecule has 1 aliphatic heterocycles. The fourth-order valence-corrected chi connectivity index (χ4v) is 2.29. The molecule has 94 valence electrons. The molecule has 1 fully saturated rings. The van der Waals surface area contributed by atoms with Gasteiger partial charge < -0.3 is 10.0 Å². The summed E-state index contributed by atoms with van der Waals surface area (Å²) in [5.41, 5.74) is 0.597. The number of hydrogen-bond donors (Lipinski definition) is 1. The van der Waals surface area contributed by atoms with E-state index >= 15 is 0 Å². The molecule has 0 aromatic heterocycles. The average Bonchev–Trinajstić information content (AvgIpc) is 2.35. The van der Waals surface area contributed by atoms with E-state index in [4.69, 9.17) is 0 Å². The number of halogens is 1. The Morgan fingerprint density at radius 1 is 1.24 bits per heavy atom. The number of hydrogen-bond acceptors (Lipinski definition) is 3. The van der Waals surface area contributed by atoms with Gasteiger partial charge >= 0.3 is 0 Å². The van der Waals surface area contributed by atoms with E-state index in [2.05, 4.69) is 16.8 Å². The van der Waals surface area contributed by atoms with Crippen LogP contribution in [0, 0.1) is 5.82 Å². The van der Waals surface area contributed by atoms with Crippen LogP contribution in [0.1, 0.15) is 11.6 Å². The van der Waals surface area contributed by atoms with Gasteiger partial charge in [-0.1, -0.05) is 18.2 Å². The SMILES string of the molecule is CN1CCN(C(CO)c2ccccc2F)CC1. The minimum atomic E-state index is -0.231. The van der Waals surface area contributed by atoms with Crippen LogP contribution in [0.4, 0.5) is 4.39 Å². The maximum Gasteiger partial charge on any atom is 0.128 e. The van der Waals surface area contributed by atoms with E-state index in [1.807, 2.05) is 6.07 Å². The zero-order valence-electron chi connectivity index (χ0n) is 10.1. The van der Waals surface area contributed by atoms with Crippen LogP contribution in [0.2, 0.25) is 0 Å². The van der Waals surface area contributed by atoms with Crippen molar-refractivity contribution < 1.29 is 9.50 Å². The van der Waals surface area contributed by atoms with Gasteiger partial charge in [-0.3, -0.25) is 4.90 Å². The van der Waals surface area contributed by atoms with Gasteiger partial charge in [0.05, 0.1) is 12.6 Å². The second-order valence-corrected chi connectivity index (χ2v) is 4.56. The number of aliphatic hydroxyl groups excluding tert-OH is 1. The standard InChI is InChI=1S/C13H19FN2O/c1-15-6-8-16(9-7-15)13(10-17)11-4-2-3-5-12(11)14/h2-5,13,17H,6-10H2,1H3. The van der Waals surface area contributed by atoms with E-state index in [9.17, 15) is 9.50 Å². The highest BCUT2D eigenvalue weighted by atomic mass is 19.1. The monoisotopic (exact) mass is 238 g/mol. The molecule has 0 aliphatic carbocycles. The summed E-state index contributed by atoms with van der Waals surface area (Å²) in [5.74, 6) is -0.231. The second kappa shape index (κ2) is 5.58. The van der Waals surface area contributed by atoms with Gasteiger partial charge in [0.2, 0.25) is 0 Å². The van der Waals surface area contributed by atoms with Crippen LogP contribution in [-0.4, -0.2) is 54.7 Å². The van der Waals surface area contributed by atoms with Gasteiger partial charge in [-0.05, 0) is 13.1 Å². The Kier molecular flexibility index (Phi) is 4.10. The second-order valence-electron chi connectivity index (χ2n) is 4.56. The molecule has 1 aromatic rings. The third-order valence-corrected chi connectivity index (χ3v) is 3.42. The summed E-state index contributed by atoms with van der Waals surface area (Å²) in [5, 5.41) is 9.50. The van der Waals surface area contributed by atoms with Crippen molar-refractivity contribution in [3.63, 3.8) is 0 Å². The molecule has 1 aromatic carbocycles. The molecule has 0 spiro atoms. The predicted octanol–water partition coefficient (Wildman–Crippen LogP) is 1.11. The highest BCUT2D eigenvalue weighted by Crippen LogP contribution is 2.23.